The first-order valence-corrected chi connectivity index (χ1v) is 7.45. The fourth-order valence-corrected chi connectivity index (χ4v) is 2.80. The summed E-state index contributed by atoms with van der Waals surface area (Å²) in [7, 11) is 0. The van der Waals surface area contributed by atoms with E-state index in [1.165, 1.54) is 0 Å². The van der Waals surface area contributed by atoms with Crippen molar-refractivity contribution >= 4 is 33.1 Å². The largest absolute Gasteiger partial charge is 0.491 e. The van der Waals surface area contributed by atoms with Crippen LogP contribution in [0.15, 0.2) is 36.0 Å². The Morgan fingerprint density at radius 3 is 3.00 bits per heavy atom. The number of anilines is 2. The number of aliphatic hydroxyl groups is 1. The van der Waals surface area contributed by atoms with Gasteiger partial charge in [-0.3, -0.25) is 0 Å². The molecular formula is C15H15N3O2S. The average Bonchev–Trinajstić information content (AvgIpc) is 2.96. The van der Waals surface area contributed by atoms with Crippen LogP contribution in [0.3, 0.4) is 0 Å². The van der Waals surface area contributed by atoms with Crippen LogP contribution >= 0.6 is 11.3 Å². The second kappa shape index (κ2) is 6.07. The van der Waals surface area contributed by atoms with Crippen molar-refractivity contribution in [3.05, 3.63) is 41.5 Å². The Balaban J connectivity index is 1.85. The molecule has 2 heterocycles. The molecule has 0 atom stereocenters. The van der Waals surface area contributed by atoms with Crippen molar-refractivity contribution in [2.45, 2.75) is 6.92 Å². The maximum absolute atomic E-state index is 8.80. The number of benzene rings is 1. The second-order valence-corrected chi connectivity index (χ2v) is 5.43. The molecule has 0 aliphatic heterocycles. The van der Waals surface area contributed by atoms with Crippen LogP contribution in [-0.4, -0.2) is 28.3 Å². The summed E-state index contributed by atoms with van der Waals surface area (Å²) in [5.41, 5.74) is 1.94. The van der Waals surface area contributed by atoms with Gasteiger partial charge in [-0.25, -0.2) is 9.97 Å². The summed E-state index contributed by atoms with van der Waals surface area (Å²) in [4.78, 5) is 9.49. The molecule has 108 valence electrons. The molecule has 1 aromatic carbocycles. The summed E-state index contributed by atoms with van der Waals surface area (Å²) < 4.78 is 5.45. The molecule has 0 radical (unpaired) electrons. The smallest absolute Gasteiger partial charge is 0.142 e. The molecule has 0 amide bonds. The van der Waals surface area contributed by atoms with Gasteiger partial charge in [0.2, 0.25) is 0 Å². The van der Waals surface area contributed by atoms with E-state index in [0.717, 1.165) is 33.0 Å². The zero-order chi connectivity index (χ0) is 14.7. The van der Waals surface area contributed by atoms with E-state index in [2.05, 4.69) is 15.3 Å². The number of ether oxygens (including phenoxy) is 1. The second-order valence-electron chi connectivity index (χ2n) is 4.54. The highest BCUT2D eigenvalue weighted by Crippen LogP contribution is 2.28. The summed E-state index contributed by atoms with van der Waals surface area (Å²) in [6, 6.07) is 7.82. The lowest BCUT2D eigenvalue weighted by molar-refractivity contribution is 0.200. The molecule has 3 rings (SSSR count). The molecule has 6 heteroatoms. The van der Waals surface area contributed by atoms with Gasteiger partial charge >= 0.3 is 0 Å². The minimum atomic E-state index is 0.0104. The highest BCUT2D eigenvalue weighted by Gasteiger charge is 2.06. The van der Waals surface area contributed by atoms with Crippen molar-refractivity contribution < 1.29 is 9.84 Å². The Kier molecular flexibility index (Phi) is 3.98. The highest BCUT2D eigenvalue weighted by atomic mass is 32.1. The zero-order valence-electron chi connectivity index (χ0n) is 11.5. The number of rotatable bonds is 5. The topological polar surface area (TPSA) is 67.3 Å². The number of aliphatic hydroxyl groups excluding tert-OH is 1. The molecule has 0 bridgehead atoms. The number of hydrogen-bond acceptors (Lipinski definition) is 6. The van der Waals surface area contributed by atoms with Gasteiger partial charge in [0, 0.05) is 5.69 Å². The normalized spacial score (nSPS) is 10.8. The van der Waals surface area contributed by atoms with Crippen LogP contribution in [0.2, 0.25) is 0 Å². The van der Waals surface area contributed by atoms with Crippen molar-refractivity contribution in [1.29, 1.82) is 0 Å². The first-order valence-electron chi connectivity index (χ1n) is 6.57. The van der Waals surface area contributed by atoms with Gasteiger partial charge in [0.1, 0.15) is 29.3 Å². The zero-order valence-corrected chi connectivity index (χ0v) is 12.4. The lowest BCUT2D eigenvalue weighted by Crippen LogP contribution is -2.03. The van der Waals surface area contributed by atoms with Gasteiger partial charge in [-0.1, -0.05) is 0 Å². The molecule has 0 fully saturated rings. The van der Waals surface area contributed by atoms with E-state index in [9.17, 15) is 0 Å². The molecule has 0 aliphatic rings. The molecule has 0 spiro atoms. The van der Waals surface area contributed by atoms with E-state index in [1.807, 2.05) is 36.6 Å². The fourth-order valence-electron chi connectivity index (χ4n) is 2.07. The van der Waals surface area contributed by atoms with Crippen molar-refractivity contribution in [2.24, 2.45) is 0 Å². The molecule has 3 aromatic rings. The quantitative estimate of drug-likeness (QED) is 0.758. The van der Waals surface area contributed by atoms with Crippen LogP contribution in [0, 0.1) is 6.92 Å². The Morgan fingerprint density at radius 1 is 1.29 bits per heavy atom. The van der Waals surface area contributed by atoms with Gasteiger partial charge in [0.05, 0.1) is 12.0 Å². The molecule has 2 aromatic heterocycles. The van der Waals surface area contributed by atoms with Gasteiger partial charge in [-0.15, -0.1) is 11.3 Å². The molecule has 0 aliphatic carbocycles. The number of hydrogen-bond donors (Lipinski definition) is 2. The SMILES string of the molecule is Cc1cc(Nc2ncnc3sccc23)ccc1OCCO. The first-order chi connectivity index (χ1) is 10.3. The van der Waals surface area contributed by atoms with Gasteiger partial charge in [0.25, 0.3) is 0 Å². The maximum Gasteiger partial charge on any atom is 0.142 e. The molecular weight excluding hydrogens is 286 g/mol. The van der Waals surface area contributed by atoms with Gasteiger partial charge in [-0.05, 0) is 42.1 Å². The predicted molar refractivity (Wildman–Crippen MR) is 84.5 cm³/mol. The third kappa shape index (κ3) is 2.96. The van der Waals surface area contributed by atoms with Gasteiger partial charge in [-0.2, -0.15) is 0 Å². The third-order valence-corrected chi connectivity index (χ3v) is 3.87. The molecule has 0 saturated carbocycles. The van der Waals surface area contributed by atoms with Crippen molar-refractivity contribution in [3.63, 3.8) is 0 Å². The lowest BCUT2D eigenvalue weighted by Gasteiger charge is -2.11. The van der Waals surface area contributed by atoms with Crippen molar-refractivity contribution in [3.8, 4) is 5.75 Å². The predicted octanol–water partition coefficient (Wildman–Crippen LogP) is 3.11. The van der Waals surface area contributed by atoms with E-state index in [1.54, 1.807) is 17.7 Å². The van der Waals surface area contributed by atoms with E-state index in [-0.39, 0.29) is 6.61 Å². The van der Waals surface area contributed by atoms with E-state index < -0.39 is 0 Å². The van der Waals surface area contributed by atoms with E-state index in [0.29, 0.717) is 6.61 Å². The Morgan fingerprint density at radius 2 is 2.19 bits per heavy atom. The summed E-state index contributed by atoms with van der Waals surface area (Å²) >= 11 is 1.59. The Hall–Kier alpha value is -2.18. The van der Waals surface area contributed by atoms with Crippen LogP contribution in [-0.2, 0) is 0 Å². The van der Waals surface area contributed by atoms with Crippen LogP contribution in [0.25, 0.3) is 10.2 Å². The molecule has 0 saturated heterocycles. The fraction of sp³-hybridized carbons (Fsp3) is 0.200. The Bertz CT molecular complexity index is 758. The van der Waals surface area contributed by atoms with Crippen molar-refractivity contribution in [1.82, 2.24) is 9.97 Å². The number of fused-ring (bicyclic) bond motifs is 1. The van der Waals surface area contributed by atoms with E-state index in [4.69, 9.17) is 9.84 Å². The summed E-state index contributed by atoms with van der Waals surface area (Å²) in [6.45, 7) is 2.28. The minimum Gasteiger partial charge on any atom is -0.491 e. The summed E-state index contributed by atoms with van der Waals surface area (Å²) in [5.74, 6) is 1.57. The number of aryl methyl sites for hydroxylation is 1. The first kappa shape index (κ1) is 13.8. The van der Waals surface area contributed by atoms with Crippen molar-refractivity contribution in [2.75, 3.05) is 18.5 Å². The van der Waals surface area contributed by atoms with E-state index >= 15 is 0 Å². The number of thiophene rings is 1. The third-order valence-electron chi connectivity index (χ3n) is 3.05. The summed E-state index contributed by atoms with van der Waals surface area (Å²) in [5, 5.41) is 15.1. The minimum absolute atomic E-state index is 0.0104. The van der Waals surface area contributed by atoms with Gasteiger partial charge in [0.15, 0.2) is 0 Å². The van der Waals surface area contributed by atoms with Crippen LogP contribution in [0.1, 0.15) is 5.56 Å². The standard InChI is InChI=1S/C15H15N3O2S/c1-10-8-11(2-3-13(10)20-6-5-19)18-14-12-4-7-21-15(12)17-9-16-14/h2-4,7-9,19H,5-6H2,1H3,(H,16,17,18). The average molecular weight is 301 g/mol. The molecule has 0 unspecified atom stereocenters. The van der Waals surface area contributed by atoms with Gasteiger partial charge < -0.3 is 15.2 Å². The molecule has 5 nitrogen and oxygen atoms in total. The number of nitrogens with zero attached hydrogens (tertiary/aromatic N) is 2. The Labute approximate surface area is 126 Å². The maximum atomic E-state index is 8.80. The number of aromatic nitrogens is 2. The molecule has 2 N–H and O–H groups in total. The van der Waals surface area contributed by atoms with Crippen LogP contribution in [0.5, 0.6) is 5.75 Å². The summed E-state index contributed by atoms with van der Waals surface area (Å²) in [6.07, 6.45) is 1.56. The highest BCUT2D eigenvalue weighted by molar-refractivity contribution is 7.16. The lowest BCUT2D eigenvalue weighted by atomic mass is 10.2. The monoisotopic (exact) mass is 301 g/mol. The van der Waals surface area contributed by atoms with Crippen LogP contribution < -0.4 is 10.1 Å². The van der Waals surface area contributed by atoms with Crippen LogP contribution in [0.4, 0.5) is 11.5 Å². The molecule has 21 heavy (non-hydrogen) atoms. The number of nitrogens with one attached hydrogen (secondary N) is 1.